The fourth-order valence-corrected chi connectivity index (χ4v) is 2.19. The third-order valence-corrected chi connectivity index (χ3v) is 3.58. The van der Waals surface area contributed by atoms with Gasteiger partial charge in [0, 0.05) is 18.7 Å². The van der Waals surface area contributed by atoms with Gasteiger partial charge in [0.25, 0.3) is 5.91 Å². The summed E-state index contributed by atoms with van der Waals surface area (Å²) >= 11 is 0. The van der Waals surface area contributed by atoms with Gasteiger partial charge >= 0.3 is 0 Å². The van der Waals surface area contributed by atoms with Crippen molar-refractivity contribution in [2.24, 2.45) is 5.41 Å². The van der Waals surface area contributed by atoms with Crippen LogP contribution in [0.4, 0.5) is 4.39 Å². The molecule has 4 heteroatoms. The predicted octanol–water partition coefficient (Wildman–Crippen LogP) is 2.57. The first-order valence-corrected chi connectivity index (χ1v) is 5.83. The van der Waals surface area contributed by atoms with E-state index < -0.39 is 5.82 Å². The Balaban J connectivity index is 2.22. The minimum Gasteiger partial charge on any atom is -0.338 e. The van der Waals surface area contributed by atoms with E-state index >= 15 is 0 Å². The highest BCUT2D eigenvalue weighted by Gasteiger charge is 2.49. The number of rotatable bonds is 2. The summed E-state index contributed by atoms with van der Waals surface area (Å²) in [6, 6.07) is 5.86. The highest BCUT2D eigenvalue weighted by molar-refractivity contribution is 5.94. The normalized spacial score (nSPS) is 20.1. The standard InChI is InChI=1S/C14H15FN2O/c1-14(2)7-12(14)17(3)13(18)9-4-5-11(15)10(6-9)8-16/h4-6,12H,7H2,1-3H3/t12-/m1/s1. The van der Waals surface area contributed by atoms with Crippen LogP contribution in [0.15, 0.2) is 18.2 Å². The molecule has 3 nitrogen and oxygen atoms in total. The number of amides is 1. The van der Waals surface area contributed by atoms with Gasteiger partial charge in [0.1, 0.15) is 11.9 Å². The van der Waals surface area contributed by atoms with E-state index in [2.05, 4.69) is 13.8 Å². The van der Waals surface area contributed by atoms with Gasteiger partial charge in [-0.05, 0) is 30.0 Å². The quantitative estimate of drug-likeness (QED) is 0.805. The van der Waals surface area contributed by atoms with Crippen LogP contribution in [0.5, 0.6) is 0 Å². The fraction of sp³-hybridized carbons (Fsp3) is 0.429. The highest BCUT2D eigenvalue weighted by Crippen LogP contribution is 2.48. The largest absolute Gasteiger partial charge is 0.338 e. The first kappa shape index (κ1) is 12.6. The van der Waals surface area contributed by atoms with Crippen molar-refractivity contribution in [2.75, 3.05) is 7.05 Å². The molecule has 1 saturated carbocycles. The lowest BCUT2D eigenvalue weighted by molar-refractivity contribution is 0.0768. The second-order valence-electron chi connectivity index (χ2n) is 5.43. The van der Waals surface area contributed by atoms with Crippen LogP contribution in [-0.4, -0.2) is 23.9 Å². The molecule has 1 aliphatic carbocycles. The zero-order valence-electron chi connectivity index (χ0n) is 10.7. The van der Waals surface area contributed by atoms with Crippen LogP contribution in [0.25, 0.3) is 0 Å². The summed E-state index contributed by atoms with van der Waals surface area (Å²) in [6.45, 7) is 4.21. The molecule has 0 saturated heterocycles. The molecule has 0 aromatic heterocycles. The Labute approximate surface area is 106 Å². The van der Waals surface area contributed by atoms with E-state index in [0.717, 1.165) is 12.5 Å². The molecule has 18 heavy (non-hydrogen) atoms. The van der Waals surface area contributed by atoms with Crippen molar-refractivity contribution in [1.82, 2.24) is 4.90 Å². The Morgan fingerprint density at radius 1 is 1.56 bits per heavy atom. The molecule has 1 aromatic carbocycles. The van der Waals surface area contributed by atoms with E-state index in [9.17, 15) is 9.18 Å². The second-order valence-corrected chi connectivity index (χ2v) is 5.43. The molecule has 0 bridgehead atoms. The number of nitrogens with zero attached hydrogens (tertiary/aromatic N) is 2. The molecule has 1 amide bonds. The van der Waals surface area contributed by atoms with Crippen molar-refractivity contribution in [3.8, 4) is 6.07 Å². The molecular formula is C14H15FN2O. The van der Waals surface area contributed by atoms with Gasteiger partial charge < -0.3 is 4.90 Å². The summed E-state index contributed by atoms with van der Waals surface area (Å²) < 4.78 is 13.2. The lowest BCUT2D eigenvalue weighted by Gasteiger charge is -2.19. The maximum Gasteiger partial charge on any atom is 0.253 e. The lowest BCUT2D eigenvalue weighted by atomic mass is 10.1. The molecule has 0 radical (unpaired) electrons. The topological polar surface area (TPSA) is 44.1 Å². The van der Waals surface area contributed by atoms with Crippen molar-refractivity contribution in [3.05, 3.63) is 35.1 Å². The van der Waals surface area contributed by atoms with Crippen LogP contribution in [0, 0.1) is 22.6 Å². The number of hydrogen-bond acceptors (Lipinski definition) is 2. The van der Waals surface area contributed by atoms with Gasteiger partial charge in [-0.15, -0.1) is 0 Å². The number of halogens is 1. The van der Waals surface area contributed by atoms with Gasteiger partial charge in [0.05, 0.1) is 5.56 Å². The van der Waals surface area contributed by atoms with Crippen molar-refractivity contribution >= 4 is 5.91 Å². The predicted molar refractivity (Wildman–Crippen MR) is 65.4 cm³/mol. The third kappa shape index (κ3) is 2.08. The number of nitriles is 1. The van der Waals surface area contributed by atoms with E-state index in [-0.39, 0.29) is 22.9 Å². The fourth-order valence-electron chi connectivity index (χ4n) is 2.19. The molecule has 2 rings (SSSR count). The lowest BCUT2D eigenvalue weighted by Crippen LogP contribution is -2.31. The first-order chi connectivity index (χ1) is 8.36. The molecule has 1 aliphatic rings. The minimum atomic E-state index is -0.594. The first-order valence-electron chi connectivity index (χ1n) is 5.83. The zero-order chi connectivity index (χ0) is 13.5. The van der Waals surface area contributed by atoms with Crippen molar-refractivity contribution in [2.45, 2.75) is 26.3 Å². The monoisotopic (exact) mass is 246 g/mol. The molecule has 0 aliphatic heterocycles. The van der Waals surface area contributed by atoms with Crippen molar-refractivity contribution in [1.29, 1.82) is 5.26 Å². The summed E-state index contributed by atoms with van der Waals surface area (Å²) in [7, 11) is 1.75. The molecule has 1 aromatic rings. The molecule has 1 fully saturated rings. The SMILES string of the molecule is CN(C(=O)c1ccc(F)c(C#N)c1)[C@@H]1CC1(C)C. The van der Waals surface area contributed by atoms with Crippen molar-refractivity contribution < 1.29 is 9.18 Å². The Kier molecular flexibility index (Phi) is 2.86. The Bertz CT molecular complexity index is 545. The summed E-state index contributed by atoms with van der Waals surface area (Å²) in [6.07, 6.45) is 0.974. The van der Waals surface area contributed by atoms with Crippen LogP contribution in [0.3, 0.4) is 0 Å². The van der Waals surface area contributed by atoms with E-state index in [4.69, 9.17) is 5.26 Å². The molecule has 94 valence electrons. The second kappa shape index (κ2) is 4.09. The average molecular weight is 246 g/mol. The molecule has 0 heterocycles. The van der Waals surface area contributed by atoms with Gasteiger partial charge in [-0.1, -0.05) is 13.8 Å². The zero-order valence-corrected chi connectivity index (χ0v) is 10.7. The number of carbonyl (C=O) groups excluding carboxylic acids is 1. The summed E-state index contributed by atoms with van der Waals surface area (Å²) in [5.74, 6) is -0.759. The van der Waals surface area contributed by atoms with Gasteiger partial charge in [0.2, 0.25) is 0 Å². The maximum atomic E-state index is 13.2. The number of carbonyl (C=O) groups is 1. The van der Waals surface area contributed by atoms with E-state index in [0.29, 0.717) is 5.56 Å². The van der Waals surface area contributed by atoms with Crippen molar-refractivity contribution in [3.63, 3.8) is 0 Å². The molecular weight excluding hydrogens is 231 g/mol. The maximum absolute atomic E-state index is 13.2. The van der Waals surface area contributed by atoms with Crippen LogP contribution in [0.2, 0.25) is 0 Å². The highest BCUT2D eigenvalue weighted by atomic mass is 19.1. The van der Waals surface area contributed by atoms with Gasteiger partial charge in [-0.2, -0.15) is 5.26 Å². The smallest absolute Gasteiger partial charge is 0.253 e. The van der Waals surface area contributed by atoms with Crippen LogP contribution < -0.4 is 0 Å². The Morgan fingerprint density at radius 3 is 2.67 bits per heavy atom. The minimum absolute atomic E-state index is 0.0932. The molecule has 0 spiro atoms. The van der Waals surface area contributed by atoms with Gasteiger partial charge in [-0.3, -0.25) is 4.79 Å². The number of hydrogen-bond donors (Lipinski definition) is 0. The van der Waals surface area contributed by atoms with Crippen LogP contribution >= 0.6 is 0 Å². The Morgan fingerprint density at radius 2 is 2.17 bits per heavy atom. The molecule has 0 N–H and O–H groups in total. The van der Waals surface area contributed by atoms with Crippen LogP contribution in [-0.2, 0) is 0 Å². The van der Waals surface area contributed by atoms with E-state index in [1.807, 2.05) is 0 Å². The number of benzene rings is 1. The summed E-state index contributed by atoms with van der Waals surface area (Å²) in [4.78, 5) is 13.9. The average Bonchev–Trinajstić information content (AvgIpc) is 2.97. The van der Waals surface area contributed by atoms with E-state index in [1.165, 1.54) is 12.1 Å². The van der Waals surface area contributed by atoms with E-state index in [1.54, 1.807) is 18.0 Å². The molecule has 1 atom stereocenters. The van der Waals surface area contributed by atoms with Gasteiger partial charge in [-0.25, -0.2) is 4.39 Å². The summed E-state index contributed by atoms with van der Waals surface area (Å²) in [5, 5.41) is 8.75. The molecule has 0 unspecified atom stereocenters. The summed E-state index contributed by atoms with van der Waals surface area (Å²) in [5.41, 5.74) is 0.421. The van der Waals surface area contributed by atoms with Crippen LogP contribution in [0.1, 0.15) is 36.2 Å². The third-order valence-electron chi connectivity index (χ3n) is 3.58. The van der Waals surface area contributed by atoms with Gasteiger partial charge in [0.15, 0.2) is 0 Å². The Hall–Kier alpha value is -1.89.